The number of sulfonamides is 1. The largest absolute Gasteiger partial charge is 0.299 e. The molecule has 1 aliphatic heterocycles. The SMILES string of the molecule is O=S(=O)(N[C@@H]1CCC[C@H]1N1CCC(Cc2ccc(Cl)cc2)CC1)c1ccccc1F. The molecule has 0 aromatic heterocycles. The van der Waals surface area contributed by atoms with E-state index in [1.165, 1.54) is 23.8 Å². The first-order valence-electron chi connectivity index (χ1n) is 10.7. The number of halogens is 2. The molecule has 4 nitrogen and oxygen atoms in total. The van der Waals surface area contributed by atoms with Crippen molar-refractivity contribution >= 4 is 21.6 Å². The van der Waals surface area contributed by atoms with Crippen LogP contribution in [0.15, 0.2) is 53.4 Å². The monoisotopic (exact) mass is 450 g/mol. The predicted molar refractivity (Wildman–Crippen MR) is 118 cm³/mol. The van der Waals surface area contributed by atoms with Crippen molar-refractivity contribution in [2.75, 3.05) is 13.1 Å². The standard InChI is InChI=1S/C23H28ClFN2O2S/c24-19-10-8-17(9-11-19)16-18-12-14-27(15-13-18)22-6-3-5-21(22)26-30(28,29)23-7-2-1-4-20(23)25/h1-2,4,7-11,18,21-22,26H,3,5-6,12-16H2/t21-,22-/m1/s1. The second kappa shape index (κ2) is 9.35. The van der Waals surface area contributed by atoms with Crippen molar-refractivity contribution in [3.05, 3.63) is 64.9 Å². The summed E-state index contributed by atoms with van der Waals surface area (Å²) in [6.45, 7) is 1.95. The topological polar surface area (TPSA) is 49.4 Å². The van der Waals surface area contributed by atoms with Gasteiger partial charge in [0.25, 0.3) is 0 Å². The Bertz CT molecular complexity index is 959. The lowest BCUT2D eigenvalue weighted by atomic mass is 9.89. The summed E-state index contributed by atoms with van der Waals surface area (Å²) >= 11 is 5.98. The Kier molecular flexibility index (Phi) is 6.78. The van der Waals surface area contributed by atoms with Crippen molar-refractivity contribution in [3.63, 3.8) is 0 Å². The number of nitrogens with one attached hydrogen (secondary N) is 1. The zero-order valence-electron chi connectivity index (χ0n) is 16.9. The molecule has 4 rings (SSSR count). The van der Waals surface area contributed by atoms with Gasteiger partial charge >= 0.3 is 0 Å². The van der Waals surface area contributed by atoms with Gasteiger partial charge in [0, 0.05) is 17.1 Å². The summed E-state index contributed by atoms with van der Waals surface area (Å²) in [5.41, 5.74) is 1.31. The van der Waals surface area contributed by atoms with E-state index in [1.807, 2.05) is 12.1 Å². The normalized spacial score (nSPS) is 23.7. The first-order valence-corrected chi connectivity index (χ1v) is 12.5. The van der Waals surface area contributed by atoms with E-state index in [0.29, 0.717) is 5.92 Å². The van der Waals surface area contributed by atoms with Crippen molar-refractivity contribution < 1.29 is 12.8 Å². The molecule has 30 heavy (non-hydrogen) atoms. The van der Waals surface area contributed by atoms with Crippen molar-refractivity contribution in [3.8, 4) is 0 Å². The van der Waals surface area contributed by atoms with E-state index >= 15 is 0 Å². The molecule has 0 radical (unpaired) electrons. The van der Waals surface area contributed by atoms with Gasteiger partial charge in [-0.25, -0.2) is 17.5 Å². The Morgan fingerprint density at radius 3 is 2.40 bits per heavy atom. The summed E-state index contributed by atoms with van der Waals surface area (Å²) in [5.74, 6) is -0.0695. The summed E-state index contributed by atoms with van der Waals surface area (Å²) in [5, 5.41) is 0.763. The molecule has 2 aliphatic rings. The molecule has 0 unspecified atom stereocenters. The van der Waals surface area contributed by atoms with Crippen LogP contribution in [0, 0.1) is 11.7 Å². The minimum absolute atomic E-state index is 0.164. The fraction of sp³-hybridized carbons (Fsp3) is 0.478. The smallest absolute Gasteiger partial charge is 0.243 e. The Balaban J connectivity index is 1.35. The van der Waals surface area contributed by atoms with Crippen LogP contribution in [0.5, 0.6) is 0 Å². The van der Waals surface area contributed by atoms with Crippen molar-refractivity contribution in [1.82, 2.24) is 9.62 Å². The highest BCUT2D eigenvalue weighted by molar-refractivity contribution is 7.89. The molecule has 2 aromatic carbocycles. The quantitative estimate of drug-likeness (QED) is 0.697. The highest BCUT2D eigenvalue weighted by atomic mass is 35.5. The number of hydrogen-bond acceptors (Lipinski definition) is 3. The lowest BCUT2D eigenvalue weighted by molar-refractivity contribution is 0.122. The van der Waals surface area contributed by atoms with Gasteiger partial charge in [0.05, 0.1) is 0 Å². The molecule has 0 amide bonds. The minimum Gasteiger partial charge on any atom is -0.299 e. The van der Waals surface area contributed by atoms with E-state index in [1.54, 1.807) is 6.07 Å². The summed E-state index contributed by atoms with van der Waals surface area (Å²) < 4.78 is 42.3. The minimum atomic E-state index is -3.86. The molecule has 2 aromatic rings. The average Bonchev–Trinajstić information content (AvgIpc) is 3.18. The maximum Gasteiger partial charge on any atom is 0.243 e. The van der Waals surface area contributed by atoms with Gasteiger partial charge in [-0.15, -0.1) is 0 Å². The van der Waals surface area contributed by atoms with Gasteiger partial charge in [-0.05, 0) is 80.9 Å². The molecule has 1 saturated heterocycles. The summed E-state index contributed by atoms with van der Waals surface area (Å²) in [7, 11) is -3.86. The van der Waals surface area contributed by atoms with Gasteiger partial charge in [0.2, 0.25) is 10.0 Å². The number of hydrogen-bond donors (Lipinski definition) is 1. The van der Waals surface area contributed by atoms with Crippen LogP contribution in [0.2, 0.25) is 5.02 Å². The Hall–Kier alpha value is -1.47. The third-order valence-electron chi connectivity index (χ3n) is 6.47. The van der Waals surface area contributed by atoms with Gasteiger partial charge in [0.1, 0.15) is 10.7 Å². The molecule has 1 heterocycles. The van der Waals surface area contributed by atoms with Crippen molar-refractivity contribution in [2.24, 2.45) is 5.92 Å². The predicted octanol–water partition coefficient (Wildman–Crippen LogP) is 4.63. The van der Waals surface area contributed by atoms with Gasteiger partial charge in [-0.1, -0.05) is 42.3 Å². The fourth-order valence-corrected chi connectivity index (χ4v) is 6.39. The van der Waals surface area contributed by atoms with Crippen molar-refractivity contribution in [2.45, 2.75) is 55.5 Å². The fourth-order valence-electron chi connectivity index (χ4n) is 4.88. The first kappa shape index (κ1) is 21.8. The van der Waals surface area contributed by atoms with Crippen LogP contribution in [-0.4, -0.2) is 38.5 Å². The summed E-state index contributed by atoms with van der Waals surface area (Å²) in [4.78, 5) is 2.16. The van der Waals surface area contributed by atoms with Crippen LogP contribution in [0.4, 0.5) is 4.39 Å². The van der Waals surface area contributed by atoms with Crippen LogP contribution in [0.1, 0.15) is 37.7 Å². The lowest BCUT2D eigenvalue weighted by Crippen LogP contribution is -2.51. The van der Waals surface area contributed by atoms with Crippen LogP contribution < -0.4 is 4.72 Å². The molecule has 1 aliphatic carbocycles. The Morgan fingerprint density at radius 2 is 1.70 bits per heavy atom. The molecule has 2 atom stereocenters. The third-order valence-corrected chi connectivity index (χ3v) is 8.24. The molecular formula is C23H28ClFN2O2S. The van der Waals surface area contributed by atoms with Gasteiger partial charge < -0.3 is 0 Å². The molecule has 7 heteroatoms. The molecule has 0 bridgehead atoms. The van der Waals surface area contributed by atoms with E-state index in [0.717, 1.165) is 56.6 Å². The number of piperidine rings is 1. The van der Waals surface area contributed by atoms with Crippen LogP contribution in [0.25, 0.3) is 0 Å². The number of nitrogens with zero attached hydrogens (tertiary/aromatic N) is 1. The van der Waals surface area contributed by atoms with Crippen LogP contribution >= 0.6 is 11.6 Å². The van der Waals surface area contributed by atoms with E-state index in [9.17, 15) is 12.8 Å². The zero-order chi connectivity index (χ0) is 21.1. The highest BCUT2D eigenvalue weighted by Crippen LogP contribution is 2.31. The van der Waals surface area contributed by atoms with Crippen LogP contribution in [0.3, 0.4) is 0 Å². The maximum atomic E-state index is 14.0. The maximum absolute atomic E-state index is 14.0. The molecule has 162 valence electrons. The lowest BCUT2D eigenvalue weighted by Gasteiger charge is -2.38. The number of benzene rings is 2. The van der Waals surface area contributed by atoms with E-state index in [-0.39, 0.29) is 17.0 Å². The second-order valence-electron chi connectivity index (χ2n) is 8.47. The second-order valence-corrected chi connectivity index (χ2v) is 10.6. The Morgan fingerprint density at radius 1 is 1.00 bits per heavy atom. The molecule has 2 fully saturated rings. The Labute approximate surface area is 183 Å². The molecule has 1 saturated carbocycles. The summed E-state index contributed by atoms with van der Waals surface area (Å²) in [6, 6.07) is 13.7. The molecule has 0 spiro atoms. The van der Waals surface area contributed by atoms with Gasteiger partial charge in [-0.2, -0.15) is 0 Å². The zero-order valence-corrected chi connectivity index (χ0v) is 18.5. The van der Waals surface area contributed by atoms with E-state index in [2.05, 4.69) is 21.8 Å². The summed E-state index contributed by atoms with van der Waals surface area (Å²) in [6.07, 6.45) is 6.02. The van der Waals surface area contributed by atoms with Gasteiger partial charge in [-0.3, -0.25) is 4.90 Å². The first-order chi connectivity index (χ1) is 14.4. The third kappa shape index (κ3) is 5.05. The molecular weight excluding hydrogens is 423 g/mol. The molecule has 1 N–H and O–H groups in total. The van der Waals surface area contributed by atoms with Gasteiger partial charge in [0.15, 0.2) is 0 Å². The number of rotatable bonds is 6. The van der Waals surface area contributed by atoms with Crippen molar-refractivity contribution in [1.29, 1.82) is 0 Å². The number of likely N-dealkylation sites (tertiary alicyclic amines) is 1. The highest BCUT2D eigenvalue weighted by Gasteiger charge is 2.37. The van der Waals surface area contributed by atoms with E-state index in [4.69, 9.17) is 11.6 Å². The van der Waals surface area contributed by atoms with Crippen LogP contribution in [-0.2, 0) is 16.4 Å². The van der Waals surface area contributed by atoms with E-state index < -0.39 is 15.8 Å². The average molecular weight is 451 g/mol.